The number of aliphatic hydroxyl groups excluding tert-OH is 1. The third-order valence-electron chi connectivity index (χ3n) is 2.80. The van der Waals surface area contributed by atoms with Crippen LogP contribution in [-0.4, -0.2) is 22.0 Å². The Labute approximate surface area is 109 Å². The second kappa shape index (κ2) is 5.46. The molecule has 0 aromatic heterocycles. The van der Waals surface area contributed by atoms with Gasteiger partial charge in [0.1, 0.15) is 0 Å². The smallest absolute Gasteiger partial charge is 0.336 e. The van der Waals surface area contributed by atoms with Gasteiger partial charge in [-0.25, -0.2) is 4.79 Å². The number of benzene rings is 2. The lowest BCUT2D eigenvalue weighted by Gasteiger charge is -2.05. The van der Waals surface area contributed by atoms with Crippen LogP contribution in [0.2, 0.25) is 0 Å². The molecule has 0 radical (unpaired) electrons. The molecule has 0 amide bonds. The van der Waals surface area contributed by atoms with Crippen LogP contribution in [0.5, 0.6) is 0 Å². The predicted molar refractivity (Wildman–Crippen MR) is 69.2 cm³/mol. The monoisotopic (exact) mass is 256 g/mol. The lowest BCUT2D eigenvalue weighted by molar-refractivity contribution is 0.0693. The molecule has 2 N–H and O–H groups in total. The molecular formula is C15H12O4. The molecule has 2 rings (SSSR count). The van der Waals surface area contributed by atoms with Gasteiger partial charge < -0.3 is 10.2 Å². The van der Waals surface area contributed by atoms with Crippen LogP contribution in [-0.2, 0) is 6.61 Å². The molecule has 96 valence electrons. The summed E-state index contributed by atoms with van der Waals surface area (Å²) in [5.41, 5.74) is 1.24. The molecule has 4 nitrogen and oxygen atoms in total. The SMILES string of the molecule is O=C(O)c1ccccc1C(=O)c1ccc(CO)cc1. The van der Waals surface area contributed by atoms with Crippen molar-refractivity contribution in [2.45, 2.75) is 6.61 Å². The Balaban J connectivity index is 2.41. The maximum Gasteiger partial charge on any atom is 0.336 e. The van der Waals surface area contributed by atoms with Crippen molar-refractivity contribution in [1.82, 2.24) is 0 Å². The number of aromatic carboxylic acids is 1. The van der Waals surface area contributed by atoms with E-state index in [-0.39, 0.29) is 23.5 Å². The summed E-state index contributed by atoms with van der Waals surface area (Å²) in [5, 5.41) is 18.0. The quantitative estimate of drug-likeness (QED) is 0.821. The van der Waals surface area contributed by atoms with Crippen LogP contribution in [0.1, 0.15) is 31.8 Å². The summed E-state index contributed by atoms with van der Waals surface area (Å²) in [7, 11) is 0. The third-order valence-corrected chi connectivity index (χ3v) is 2.80. The molecule has 0 heterocycles. The normalized spacial score (nSPS) is 10.2. The third kappa shape index (κ3) is 2.69. The maximum absolute atomic E-state index is 12.2. The van der Waals surface area contributed by atoms with E-state index in [9.17, 15) is 9.59 Å². The summed E-state index contributed by atoms with van der Waals surface area (Å²) in [6, 6.07) is 12.5. The molecule has 0 aliphatic heterocycles. The summed E-state index contributed by atoms with van der Waals surface area (Å²) in [4.78, 5) is 23.3. The first kappa shape index (κ1) is 13.0. The molecule has 0 spiro atoms. The van der Waals surface area contributed by atoms with Crippen LogP contribution in [0.15, 0.2) is 48.5 Å². The zero-order chi connectivity index (χ0) is 13.8. The van der Waals surface area contributed by atoms with Crippen molar-refractivity contribution in [2.75, 3.05) is 0 Å². The van der Waals surface area contributed by atoms with Gasteiger partial charge in [-0.3, -0.25) is 4.79 Å². The number of hydrogen-bond acceptors (Lipinski definition) is 3. The molecule has 0 saturated heterocycles. The van der Waals surface area contributed by atoms with Gasteiger partial charge in [-0.05, 0) is 11.6 Å². The van der Waals surface area contributed by atoms with E-state index in [1.165, 1.54) is 12.1 Å². The Kier molecular flexibility index (Phi) is 3.73. The van der Waals surface area contributed by atoms with Crippen molar-refractivity contribution < 1.29 is 19.8 Å². The van der Waals surface area contributed by atoms with Crippen molar-refractivity contribution in [3.8, 4) is 0 Å². The lowest BCUT2D eigenvalue weighted by atomic mass is 9.98. The average molecular weight is 256 g/mol. The fourth-order valence-electron chi connectivity index (χ4n) is 1.78. The molecule has 0 aliphatic rings. The number of aliphatic hydroxyl groups is 1. The lowest BCUT2D eigenvalue weighted by Crippen LogP contribution is -2.09. The number of carbonyl (C=O) groups is 2. The Morgan fingerprint density at radius 2 is 1.47 bits per heavy atom. The van der Waals surface area contributed by atoms with Gasteiger partial charge in [0.2, 0.25) is 0 Å². The highest BCUT2D eigenvalue weighted by Gasteiger charge is 2.16. The summed E-state index contributed by atoms with van der Waals surface area (Å²) < 4.78 is 0. The van der Waals surface area contributed by atoms with Gasteiger partial charge in [0.25, 0.3) is 0 Å². The van der Waals surface area contributed by atoms with Gasteiger partial charge >= 0.3 is 5.97 Å². The van der Waals surface area contributed by atoms with E-state index in [2.05, 4.69) is 0 Å². The van der Waals surface area contributed by atoms with Crippen LogP contribution in [0.3, 0.4) is 0 Å². The minimum atomic E-state index is -1.13. The van der Waals surface area contributed by atoms with Crippen molar-refractivity contribution in [3.05, 3.63) is 70.8 Å². The number of carbonyl (C=O) groups excluding carboxylic acids is 1. The molecule has 2 aromatic rings. The first-order valence-electron chi connectivity index (χ1n) is 5.70. The fraction of sp³-hybridized carbons (Fsp3) is 0.0667. The highest BCUT2D eigenvalue weighted by molar-refractivity contribution is 6.14. The minimum Gasteiger partial charge on any atom is -0.478 e. The second-order valence-electron chi connectivity index (χ2n) is 4.03. The van der Waals surface area contributed by atoms with Crippen molar-refractivity contribution in [3.63, 3.8) is 0 Å². The molecule has 4 heteroatoms. The Morgan fingerprint density at radius 1 is 0.895 bits per heavy atom. The van der Waals surface area contributed by atoms with Crippen molar-refractivity contribution in [2.24, 2.45) is 0 Å². The number of carboxylic acids is 1. The highest BCUT2D eigenvalue weighted by Crippen LogP contribution is 2.15. The van der Waals surface area contributed by atoms with Gasteiger partial charge in [-0.2, -0.15) is 0 Å². The molecule has 0 fully saturated rings. The van der Waals surface area contributed by atoms with E-state index < -0.39 is 5.97 Å². The van der Waals surface area contributed by atoms with Gasteiger partial charge in [0.05, 0.1) is 12.2 Å². The predicted octanol–water partition coefficient (Wildman–Crippen LogP) is 2.11. The molecule has 0 bridgehead atoms. The van der Waals surface area contributed by atoms with Crippen LogP contribution in [0.25, 0.3) is 0 Å². The minimum absolute atomic E-state index is 0.0151. The second-order valence-corrected chi connectivity index (χ2v) is 4.03. The van der Waals surface area contributed by atoms with E-state index in [0.29, 0.717) is 11.1 Å². The van der Waals surface area contributed by atoms with Crippen LogP contribution < -0.4 is 0 Å². The Morgan fingerprint density at radius 3 is 2.00 bits per heavy atom. The summed E-state index contributed by atoms with van der Waals surface area (Å²) in [5.74, 6) is -1.47. The molecule has 2 aromatic carbocycles. The van der Waals surface area contributed by atoms with E-state index in [1.54, 1.807) is 36.4 Å². The van der Waals surface area contributed by atoms with E-state index in [4.69, 9.17) is 10.2 Å². The van der Waals surface area contributed by atoms with Crippen LogP contribution in [0, 0.1) is 0 Å². The van der Waals surface area contributed by atoms with Gasteiger partial charge in [-0.15, -0.1) is 0 Å². The zero-order valence-corrected chi connectivity index (χ0v) is 10.0. The molecule has 0 unspecified atom stereocenters. The molecule has 0 atom stereocenters. The fourth-order valence-corrected chi connectivity index (χ4v) is 1.78. The summed E-state index contributed by atoms with van der Waals surface area (Å²) in [6.07, 6.45) is 0. The van der Waals surface area contributed by atoms with Crippen LogP contribution >= 0.6 is 0 Å². The first-order chi connectivity index (χ1) is 9.13. The van der Waals surface area contributed by atoms with Crippen molar-refractivity contribution >= 4 is 11.8 Å². The summed E-state index contributed by atoms with van der Waals surface area (Å²) in [6.45, 7) is -0.0970. The molecular weight excluding hydrogens is 244 g/mol. The average Bonchev–Trinajstić information content (AvgIpc) is 2.46. The van der Waals surface area contributed by atoms with E-state index in [1.807, 2.05) is 0 Å². The Bertz CT molecular complexity index is 614. The molecule has 0 saturated carbocycles. The topological polar surface area (TPSA) is 74.6 Å². The number of hydrogen-bond donors (Lipinski definition) is 2. The standard InChI is InChI=1S/C15H12O4/c16-9-10-5-7-11(8-6-10)14(17)12-3-1-2-4-13(12)15(18)19/h1-8,16H,9H2,(H,18,19). The summed E-state index contributed by atoms with van der Waals surface area (Å²) >= 11 is 0. The number of ketones is 1. The zero-order valence-electron chi connectivity index (χ0n) is 10.0. The van der Waals surface area contributed by atoms with Crippen LogP contribution in [0.4, 0.5) is 0 Å². The Hall–Kier alpha value is -2.46. The molecule has 0 aliphatic carbocycles. The molecule has 19 heavy (non-hydrogen) atoms. The highest BCUT2D eigenvalue weighted by atomic mass is 16.4. The largest absolute Gasteiger partial charge is 0.478 e. The van der Waals surface area contributed by atoms with Gasteiger partial charge in [0, 0.05) is 11.1 Å². The maximum atomic E-state index is 12.2. The number of rotatable bonds is 4. The van der Waals surface area contributed by atoms with E-state index in [0.717, 1.165) is 0 Å². The van der Waals surface area contributed by atoms with Gasteiger partial charge in [0.15, 0.2) is 5.78 Å². The number of carboxylic acid groups (broad SMARTS) is 1. The van der Waals surface area contributed by atoms with E-state index >= 15 is 0 Å². The van der Waals surface area contributed by atoms with Gasteiger partial charge in [-0.1, -0.05) is 42.5 Å². The van der Waals surface area contributed by atoms with Crippen molar-refractivity contribution in [1.29, 1.82) is 0 Å². The first-order valence-corrected chi connectivity index (χ1v) is 5.70.